The molecule has 1 aliphatic rings. The van der Waals surface area contributed by atoms with E-state index in [9.17, 15) is 4.79 Å². The Balaban J connectivity index is 2.38. The normalized spacial score (nSPS) is 18.1. The van der Waals surface area contributed by atoms with Crippen LogP contribution in [0.25, 0.3) is 0 Å². The van der Waals surface area contributed by atoms with E-state index in [0.29, 0.717) is 5.56 Å². The van der Waals surface area contributed by atoms with Crippen LogP contribution in [0, 0.1) is 0 Å². The molecule has 1 aromatic rings. The van der Waals surface area contributed by atoms with Crippen molar-refractivity contribution in [2.45, 2.75) is 32.5 Å². The topological polar surface area (TPSA) is 38.7 Å². The molecule has 0 amide bonds. The molecule has 1 heterocycles. The Morgan fingerprint density at radius 1 is 1.35 bits per heavy atom. The first-order valence-corrected chi connectivity index (χ1v) is 10.4. The fourth-order valence-electron chi connectivity index (χ4n) is 2.26. The minimum Gasteiger partial charge on any atom is -0.465 e. The average Bonchev–Trinajstić information content (AvgIpc) is 2.69. The summed E-state index contributed by atoms with van der Waals surface area (Å²) in [6.07, 6.45) is 2.23. The van der Waals surface area contributed by atoms with Crippen LogP contribution in [0.15, 0.2) is 35.0 Å². The number of rotatable bonds is 3. The second-order valence-electron chi connectivity index (χ2n) is 6.22. The molecule has 0 spiro atoms. The van der Waals surface area contributed by atoms with E-state index in [2.05, 4.69) is 36.4 Å². The van der Waals surface area contributed by atoms with E-state index in [1.165, 1.54) is 7.11 Å². The highest BCUT2D eigenvalue weighted by Crippen LogP contribution is 2.37. The van der Waals surface area contributed by atoms with E-state index in [-0.39, 0.29) is 11.9 Å². The predicted molar refractivity (Wildman–Crippen MR) is 85.8 cm³/mol. The minimum absolute atomic E-state index is 0.182. The van der Waals surface area contributed by atoms with Crippen LogP contribution in [0.3, 0.4) is 0 Å². The van der Waals surface area contributed by atoms with Gasteiger partial charge in [-0.1, -0.05) is 31.4 Å². The van der Waals surface area contributed by atoms with Crippen LogP contribution < -0.4 is 0 Å². The van der Waals surface area contributed by atoms with Crippen molar-refractivity contribution in [2.75, 3.05) is 7.11 Å². The van der Waals surface area contributed by atoms with E-state index in [0.717, 1.165) is 17.0 Å². The van der Waals surface area contributed by atoms with Gasteiger partial charge in [0.1, 0.15) is 0 Å². The lowest BCUT2D eigenvalue weighted by Crippen LogP contribution is -2.16. The van der Waals surface area contributed by atoms with Crippen molar-refractivity contribution in [2.24, 2.45) is 4.99 Å². The Bertz CT molecular complexity index is 597. The zero-order valence-electron chi connectivity index (χ0n) is 12.7. The first kappa shape index (κ1) is 14.7. The molecule has 0 aliphatic carbocycles. The zero-order chi connectivity index (χ0) is 14.9. The van der Waals surface area contributed by atoms with Crippen LogP contribution in [0.1, 0.15) is 28.8 Å². The molecule has 106 valence electrons. The number of fused-ring (bicyclic) bond motifs is 1. The molecular formula is C16H21NO2Si. The van der Waals surface area contributed by atoms with Crippen molar-refractivity contribution in [1.82, 2.24) is 0 Å². The summed E-state index contributed by atoms with van der Waals surface area (Å²) in [5.74, 6) is -0.119. The van der Waals surface area contributed by atoms with Crippen molar-refractivity contribution in [3.63, 3.8) is 0 Å². The molecule has 20 heavy (non-hydrogen) atoms. The molecule has 4 heteroatoms. The van der Waals surface area contributed by atoms with Gasteiger partial charge in [0.15, 0.2) is 0 Å². The van der Waals surface area contributed by atoms with Crippen molar-refractivity contribution in [3.05, 3.63) is 41.1 Å². The Kier molecular flexibility index (Phi) is 3.95. The van der Waals surface area contributed by atoms with Gasteiger partial charge in [0.2, 0.25) is 0 Å². The maximum absolute atomic E-state index is 11.6. The van der Waals surface area contributed by atoms with Gasteiger partial charge in [0, 0.05) is 11.6 Å². The Hall–Kier alpha value is -1.68. The predicted octanol–water partition coefficient (Wildman–Crippen LogP) is 4.10. The number of hydrogen-bond donors (Lipinski definition) is 0. The van der Waals surface area contributed by atoms with Gasteiger partial charge in [0.05, 0.1) is 26.4 Å². The van der Waals surface area contributed by atoms with Gasteiger partial charge in [-0.05, 0) is 30.7 Å². The highest BCUT2D eigenvalue weighted by molar-refractivity contribution is 6.81. The minimum atomic E-state index is -1.25. The number of esters is 1. The smallest absolute Gasteiger partial charge is 0.337 e. The lowest BCUT2D eigenvalue weighted by molar-refractivity contribution is 0.0600. The monoisotopic (exact) mass is 287 g/mol. The number of ether oxygens (including phenoxy) is 1. The van der Waals surface area contributed by atoms with Gasteiger partial charge in [0.25, 0.3) is 0 Å². The number of nitrogens with zero attached hydrogens (tertiary/aromatic N) is 1. The molecule has 0 aromatic heterocycles. The van der Waals surface area contributed by atoms with Crippen LogP contribution in [0.2, 0.25) is 19.6 Å². The van der Waals surface area contributed by atoms with Gasteiger partial charge >= 0.3 is 5.97 Å². The van der Waals surface area contributed by atoms with Gasteiger partial charge in [-0.2, -0.15) is 0 Å². The summed E-state index contributed by atoms with van der Waals surface area (Å²) in [6.45, 7) is 8.95. The molecule has 3 nitrogen and oxygen atoms in total. The molecule has 0 bridgehead atoms. The van der Waals surface area contributed by atoms with Crippen LogP contribution in [-0.2, 0) is 4.74 Å². The molecule has 1 aliphatic heterocycles. The van der Waals surface area contributed by atoms with Gasteiger partial charge in [-0.25, -0.2) is 4.79 Å². The highest BCUT2D eigenvalue weighted by atomic mass is 28.3. The van der Waals surface area contributed by atoms with E-state index in [1.54, 1.807) is 6.07 Å². The average molecular weight is 287 g/mol. The number of hydrogen-bond acceptors (Lipinski definition) is 3. The lowest BCUT2D eigenvalue weighted by Gasteiger charge is -2.13. The summed E-state index contributed by atoms with van der Waals surface area (Å²) in [5, 5.41) is 0. The third-order valence-electron chi connectivity index (χ3n) is 3.32. The highest BCUT2D eigenvalue weighted by Gasteiger charge is 2.24. The molecule has 1 atom stereocenters. The SMILES string of the molecule is COC(=O)c1ccc2c(c1)C(C=C[Si](C)(C)C)C(C)=N2. The lowest BCUT2D eigenvalue weighted by atomic mass is 9.95. The molecule has 0 fully saturated rings. The van der Waals surface area contributed by atoms with Crippen molar-refractivity contribution in [1.29, 1.82) is 0 Å². The van der Waals surface area contributed by atoms with Crippen LogP contribution in [0.4, 0.5) is 5.69 Å². The molecule has 1 unspecified atom stereocenters. The summed E-state index contributed by atoms with van der Waals surface area (Å²) in [6, 6.07) is 5.57. The molecule has 0 saturated carbocycles. The summed E-state index contributed by atoms with van der Waals surface area (Å²) >= 11 is 0. The van der Waals surface area contributed by atoms with E-state index >= 15 is 0 Å². The van der Waals surface area contributed by atoms with Gasteiger partial charge in [-0.15, -0.1) is 0 Å². The van der Waals surface area contributed by atoms with Crippen molar-refractivity contribution in [3.8, 4) is 0 Å². The number of carbonyl (C=O) groups is 1. The molecule has 1 aromatic carbocycles. The Morgan fingerprint density at radius 3 is 2.65 bits per heavy atom. The van der Waals surface area contributed by atoms with Crippen LogP contribution in [0.5, 0.6) is 0 Å². The number of allylic oxidation sites excluding steroid dienone is 1. The van der Waals surface area contributed by atoms with Crippen molar-refractivity contribution >= 4 is 25.4 Å². The maximum Gasteiger partial charge on any atom is 0.337 e. The first-order valence-electron chi connectivity index (χ1n) is 6.78. The quantitative estimate of drug-likeness (QED) is 0.620. The van der Waals surface area contributed by atoms with Gasteiger partial charge in [-0.3, -0.25) is 4.99 Å². The Labute approximate surface area is 121 Å². The molecular weight excluding hydrogens is 266 g/mol. The largest absolute Gasteiger partial charge is 0.465 e. The number of methoxy groups -OCH3 is 1. The second-order valence-corrected chi connectivity index (χ2v) is 11.3. The summed E-state index contributed by atoms with van der Waals surface area (Å²) < 4.78 is 4.78. The first-order chi connectivity index (χ1) is 9.31. The molecule has 0 radical (unpaired) electrons. The Morgan fingerprint density at radius 2 is 2.05 bits per heavy atom. The second kappa shape index (κ2) is 5.36. The fraction of sp³-hybridized carbons (Fsp3) is 0.375. The summed E-state index contributed by atoms with van der Waals surface area (Å²) in [4.78, 5) is 16.2. The van der Waals surface area contributed by atoms with E-state index < -0.39 is 8.07 Å². The molecule has 2 rings (SSSR count). The summed E-state index contributed by atoms with van der Waals surface area (Å²) in [7, 11) is 0.158. The zero-order valence-corrected chi connectivity index (χ0v) is 13.7. The number of aliphatic imine (C=N–C) groups is 1. The molecule has 0 saturated heterocycles. The van der Waals surface area contributed by atoms with Crippen LogP contribution >= 0.6 is 0 Å². The van der Waals surface area contributed by atoms with Crippen LogP contribution in [-0.4, -0.2) is 26.9 Å². The van der Waals surface area contributed by atoms with Crippen molar-refractivity contribution < 1.29 is 9.53 Å². The van der Waals surface area contributed by atoms with Gasteiger partial charge < -0.3 is 4.74 Å². The van der Waals surface area contributed by atoms with E-state index in [1.807, 2.05) is 19.1 Å². The third kappa shape index (κ3) is 3.07. The standard InChI is InChI=1S/C16H21NO2Si/c1-11-13(8-9-20(3,4)5)14-10-12(16(18)19-2)6-7-15(14)17-11/h6-10,13H,1-5H3. The van der Waals surface area contributed by atoms with E-state index in [4.69, 9.17) is 4.74 Å². The third-order valence-corrected chi connectivity index (χ3v) is 4.51. The molecule has 0 N–H and O–H groups in total. The fourth-order valence-corrected chi connectivity index (χ4v) is 3.03. The maximum atomic E-state index is 11.6. The number of carbonyl (C=O) groups excluding carboxylic acids is 1. The number of benzene rings is 1. The summed E-state index contributed by atoms with van der Waals surface area (Å²) in [5.41, 5.74) is 6.05.